The number of rotatable bonds is 4. The predicted molar refractivity (Wildman–Crippen MR) is 91.3 cm³/mol. The molecule has 3 rings (SSSR count). The predicted octanol–water partition coefficient (Wildman–Crippen LogP) is 5.13. The number of furan rings is 1. The van der Waals surface area contributed by atoms with E-state index in [1.165, 1.54) is 11.3 Å². The second-order valence-corrected chi connectivity index (χ2v) is 5.86. The van der Waals surface area contributed by atoms with Crippen molar-refractivity contribution in [1.29, 1.82) is 5.26 Å². The van der Waals surface area contributed by atoms with Gasteiger partial charge in [0.05, 0.1) is 24.6 Å². The summed E-state index contributed by atoms with van der Waals surface area (Å²) in [7, 11) is 1.59. The highest BCUT2D eigenvalue weighted by atomic mass is 35.5. The smallest absolute Gasteiger partial charge is 0.134 e. The number of methoxy groups -OCH3 is 1. The summed E-state index contributed by atoms with van der Waals surface area (Å²) in [6.45, 7) is 0. The van der Waals surface area contributed by atoms with E-state index in [-0.39, 0.29) is 0 Å². The average Bonchev–Trinajstić information content (AvgIpc) is 3.24. The molecule has 0 saturated carbocycles. The summed E-state index contributed by atoms with van der Waals surface area (Å²) in [6.07, 6.45) is 3.22. The van der Waals surface area contributed by atoms with Crippen LogP contribution in [0, 0.1) is 11.3 Å². The topological polar surface area (TPSA) is 59.0 Å². The number of nitrogens with zero attached hydrogens (tertiary/aromatic N) is 2. The quantitative estimate of drug-likeness (QED) is 0.617. The third-order valence-electron chi connectivity index (χ3n) is 3.12. The fourth-order valence-corrected chi connectivity index (χ4v) is 3.02. The van der Waals surface area contributed by atoms with Crippen molar-refractivity contribution in [2.45, 2.75) is 0 Å². The highest BCUT2D eigenvalue weighted by molar-refractivity contribution is 7.11. The molecule has 0 bridgehead atoms. The first-order valence-electron chi connectivity index (χ1n) is 6.66. The van der Waals surface area contributed by atoms with E-state index in [9.17, 15) is 5.26 Å². The minimum absolute atomic E-state index is 0.442. The molecule has 2 aromatic heterocycles. The van der Waals surface area contributed by atoms with Gasteiger partial charge < -0.3 is 9.15 Å². The van der Waals surface area contributed by atoms with Gasteiger partial charge in [-0.15, -0.1) is 11.3 Å². The summed E-state index contributed by atoms with van der Waals surface area (Å²) in [5.41, 5.74) is 1.94. The summed E-state index contributed by atoms with van der Waals surface area (Å²) in [5, 5.41) is 12.4. The minimum Gasteiger partial charge on any atom is -0.496 e. The van der Waals surface area contributed by atoms with Crippen molar-refractivity contribution in [1.82, 2.24) is 4.98 Å². The maximum absolute atomic E-state index is 9.36. The van der Waals surface area contributed by atoms with E-state index in [0.29, 0.717) is 32.8 Å². The number of nitriles is 1. The summed E-state index contributed by atoms with van der Waals surface area (Å²) < 4.78 is 10.6. The molecule has 0 spiro atoms. The molecular weight excluding hydrogens is 332 g/mol. The zero-order chi connectivity index (χ0) is 16.2. The Morgan fingerprint density at radius 2 is 2.30 bits per heavy atom. The second-order valence-electron chi connectivity index (χ2n) is 4.57. The van der Waals surface area contributed by atoms with E-state index >= 15 is 0 Å². The Morgan fingerprint density at radius 3 is 3.00 bits per heavy atom. The first-order valence-corrected chi connectivity index (χ1v) is 7.92. The average molecular weight is 343 g/mol. The number of halogens is 1. The molecule has 1 aromatic carbocycles. The van der Waals surface area contributed by atoms with Gasteiger partial charge in [-0.25, -0.2) is 4.98 Å². The van der Waals surface area contributed by atoms with Gasteiger partial charge in [0, 0.05) is 22.0 Å². The van der Waals surface area contributed by atoms with Gasteiger partial charge in [0.2, 0.25) is 0 Å². The molecule has 0 amide bonds. The van der Waals surface area contributed by atoms with Crippen LogP contribution in [-0.2, 0) is 0 Å². The lowest BCUT2D eigenvalue weighted by molar-refractivity contribution is 0.416. The highest BCUT2D eigenvalue weighted by Crippen LogP contribution is 2.34. The van der Waals surface area contributed by atoms with Gasteiger partial charge in [-0.2, -0.15) is 5.26 Å². The number of aromatic nitrogens is 1. The van der Waals surface area contributed by atoms with E-state index in [0.717, 1.165) is 5.56 Å². The van der Waals surface area contributed by atoms with E-state index in [2.05, 4.69) is 11.1 Å². The Kier molecular flexibility index (Phi) is 4.47. The fourth-order valence-electron chi connectivity index (χ4n) is 2.06. The summed E-state index contributed by atoms with van der Waals surface area (Å²) in [4.78, 5) is 4.53. The molecule has 0 atom stereocenters. The molecule has 0 unspecified atom stereocenters. The van der Waals surface area contributed by atoms with Crippen LogP contribution >= 0.6 is 22.9 Å². The van der Waals surface area contributed by atoms with Crippen LogP contribution in [0.3, 0.4) is 0 Å². The van der Waals surface area contributed by atoms with Crippen molar-refractivity contribution in [2.75, 3.05) is 7.11 Å². The van der Waals surface area contributed by atoms with Crippen molar-refractivity contribution in [3.63, 3.8) is 0 Å². The molecule has 2 heterocycles. The molecule has 0 aliphatic carbocycles. The number of thiazole rings is 1. The van der Waals surface area contributed by atoms with Gasteiger partial charge in [0.25, 0.3) is 0 Å². The Morgan fingerprint density at radius 1 is 1.43 bits per heavy atom. The SMILES string of the molecule is COc1ccc(Cl)cc1-c1csc(C(C#N)=Cc2ccco2)n1. The van der Waals surface area contributed by atoms with Crippen molar-refractivity contribution in [3.05, 3.63) is 57.8 Å². The highest BCUT2D eigenvalue weighted by Gasteiger charge is 2.13. The van der Waals surface area contributed by atoms with Crippen molar-refractivity contribution in [3.8, 4) is 23.1 Å². The standard InChI is InChI=1S/C17H11ClN2O2S/c1-21-16-5-4-12(18)8-14(16)15-10-23-17(20-15)11(9-19)7-13-3-2-6-22-13/h2-8,10H,1H3. The molecule has 0 aliphatic heterocycles. The molecule has 0 fully saturated rings. The molecular formula is C17H11ClN2O2S. The fraction of sp³-hybridized carbons (Fsp3) is 0.0588. The molecule has 0 radical (unpaired) electrons. The number of ether oxygens (including phenoxy) is 1. The van der Waals surface area contributed by atoms with Gasteiger partial charge in [0.1, 0.15) is 22.6 Å². The first kappa shape index (κ1) is 15.3. The van der Waals surface area contributed by atoms with Crippen LogP contribution in [0.25, 0.3) is 22.9 Å². The number of hydrogen-bond donors (Lipinski definition) is 0. The van der Waals surface area contributed by atoms with E-state index in [1.54, 1.807) is 49.8 Å². The van der Waals surface area contributed by atoms with E-state index < -0.39 is 0 Å². The van der Waals surface area contributed by atoms with Crippen LogP contribution in [-0.4, -0.2) is 12.1 Å². The zero-order valence-electron chi connectivity index (χ0n) is 12.1. The Labute approximate surface area is 142 Å². The summed E-state index contributed by atoms with van der Waals surface area (Å²) in [5.74, 6) is 1.29. The minimum atomic E-state index is 0.442. The lowest BCUT2D eigenvalue weighted by Crippen LogP contribution is -1.88. The van der Waals surface area contributed by atoms with Crippen LogP contribution in [0.15, 0.2) is 46.4 Å². The van der Waals surface area contributed by atoms with Gasteiger partial charge >= 0.3 is 0 Å². The molecule has 0 N–H and O–H groups in total. The lowest BCUT2D eigenvalue weighted by atomic mass is 10.1. The third-order valence-corrected chi connectivity index (χ3v) is 4.23. The van der Waals surface area contributed by atoms with Crippen molar-refractivity contribution < 1.29 is 9.15 Å². The van der Waals surface area contributed by atoms with Crippen LogP contribution in [0.5, 0.6) is 5.75 Å². The van der Waals surface area contributed by atoms with Crippen LogP contribution in [0.1, 0.15) is 10.8 Å². The number of hydrogen-bond acceptors (Lipinski definition) is 5. The number of benzene rings is 1. The normalized spacial score (nSPS) is 11.3. The largest absolute Gasteiger partial charge is 0.496 e. The first-order chi connectivity index (χ1) is 11.2. The van der Waals surface area contributed by atoms with Crippen molar-refractivity contribution in [2.24, 2.45) is 0 Å². The van der Waals surface area contributed by atoms with Gasteiger partial charge in [0.15, 0.2) is 0 Å². The van der Waals surface area contributed by atoms with E-state index in [1.807, 2.05) is 5.38 Å². The van der Waals surface area contributed by atoms with E-state index in [4.69, 9.17) is 20.8 Å². The summed E-state index contributed by atoms with van der Waals surface area (Å²) >= 11 is 7.44. The Hall–Kier alpha value is -2.55. The second kappa shape index (κ2) is 6.69. The number of allylic oxidation sites excluding steroid dienone is 1. The molecule has 3 aromatic rings. The van der Waals surface area contributed by atoms with Gasteiger partial charge in [-0.05, 0) is 30.3 Å². The maximum Gasteiger partial charge on any atom is 0.134 e. The van der Waals surface area contributed by atoms with Crippen LogP contribution in [0.4, 0.5) is 0 Å². The van der Waals surface area contributed by atoms with Gasteiger partial charge in [-0.3, -0.25) is 0 Å². The molecule has 23 heavy (non-hydrogen) atoms. The molecule has 0 aliphatic rings. The zero-order valence-corrected chi connectivity index (χ0v) is 13.7. The Balaban J connectivity index is 2.01. The van der Waals surface area contributed by atoms with Crippen LogP contribution < -0.4 is 4.74 Å². The van der Waals surface area contributed by atoms with Crippen LogP contribution in [0.2, 0.25) is 5.02 Å². The summed E-state index contributed by atoms with van der Waals surface area (Å²) in [6, 6.07) is 11.0. The maximum atomic E-state index is 9.36. The molecule has 4 nitrogen and oxygen atoms in total. The van der Waals surface area contributed by atoms with Gasteiger partial charge in [-0.1, -0.05) is 11.6 Å². The van der Waals surface area contributed by atoms with Crippen molar-refractivity contribution >= 4 is 34.6 Å². The molecule has 114 valence electrons. The molecule has 6 heteroatoms. The monoisotopic (exact) mass is 342 g/mol. The third kappa shape index (κ3) is 3.29. The lowest BCUT2D eigenvalue weighted by Gasteiger charge is -2.06. The molecule has 0 saturated heterocycles. The Bertz CT molecular complexity index is 892.